The SMILES string of the molecule is CC1CN(Cn2[nH]c(=O)ccc2=O)CC(C)O1. The Kier molecular flexibility index (Phi) is 3.44. The van der Waals surface area contributed by atoms with Crippen LogP contribution in [0.15, 0.2) is 21.7 Å². The van der Waals surface area contributed by atoms with Crippen molar-refractivity contribution in [3.05, 3.63) is 32.8 Å². The van der Waals surface area contributed by atoms with Crippen LogP contribution in [0.5, 0.6) is 0 Å². The van der Waals surface area contributed by atoms with Gasteiger partial charge in [0.2, 0.25) is 0 Å². The van der Waals surface area contributed by atoms with E-state index in [0.29, 0.717) is 6.67 Å². The van der Waals surface area contributed by atoms with E-state index >= 15 is 0 Å². The Morgan fingerprint density at radius 2 is 1.94 bits per heavy atom. The third-order valence-electron chi connectivity index (χ3n) is 2.73. The highest BCUT2D eigenvalue weighted by molar-refractivity contribution is 4.86. The Morgan fingerprint density at radius 1 is 1.29 bits per heavy atom. The van der Waals surface area contributed by atoms with Crippen LogP contribution in [0.3, 0.4) is 0 Å². The van der Waals surface area contributed by atoms with Crippen LogP contribution in [0.1, 0.15) is 13.8 Å². The van der Waals surface area contributed by atoms with Crippen LogP contribution in [-0.4, -0.2) is 40.0 Å². The van der Waals surface area contributed by atoms with Gasteiger partial charge >= 0.3 is 0 Å². The van der Waals surface area contributed by atoms with E-state index in [1.54, 1.807) is 0 Å². The molecule has 1 N–H and O–H groups in total. The number of ether oxygens (including phenoxy) is 1. The van der Waals surface area contributed by atoms with Gasteiger partial charge in [-0.05, 0) is 13.8 Å². The van der Waals surface area contributed by atoms with Crippen LogP contribution >= 0.6 is 0 Å². The van der Waals surface area contributed by atoms with E-state index in [9.17, 15) is 9.59 Å². The van der Waals surface area contributed by atoms with Crippen LogP contribution in [-0.2, 0) is 11.4 Å². The fourth-order valence-electron chi connectivity index (χ4n) is 2.17. The molecule has 0 radical (unpaired) electrons. The standard InChI is InChI=1S/C11H17N3O3/c1-8-5-13(6-9(2)17-8)7-14-11(16)4-3-10(15)12-14/h3-4,8-9H,5-7H2,1-2H3,(H,12,15). The van der Waals surface area contributed by atoms with E-state index in [1.807, 2.05) is 13.8 Å². The number of aromatic amines is 1. The molecule has 94 valence electrons. The Labute approximate surface area is 98.8 Å². The van der Waals surface area contributed by atoms with Crippen LogP contribution in [0, 0.1) is 0 Å². The zero-order valence-electron chi connectivity index (χ0n) is 10.0. The molecule has 0 bridgehead atoms. The summed E-state index contributed by atoms with van der Waals surface area (Å²) in [5.41, 5.74) is -0.463. The van der Waals surface area contributed by atoms with E-state index < -0.39 is 0 Å². The summed E-state index contributed by atoms with van der Waals surface area (Å²) in [4.78, 5) is 24.8. The van der Waals surface area contributed by atoms with Gasteiger partial charge in [0.25, 0.3) is 11.1 Å². The molecule has 1 aliphatic rings. The highest BCUT2D eigenvalue weighted by atomic mass is 16.5. The number of morpholine rings is 1. The van der Waals surface area contributed by atoms with Gasteiger partial charge in [0, 0.05) is 25.2 Å². The summed E-state index contributed by atoms with van der Waals surface area (Å²) >= 11 is 0. The summed E-state index contributed by atoms with van der Waals surface area (Å²) < 4.78 is 6.93. The summed E-state index contributed by atoms with van der Waals surface area (Å²) in [6, 6.07) is 2.52. The Hall–Kier alpha value is -1.40. The molecule has 1 saturated heterocycles. The number of H-pyrrole nitrogens is 1. The second kappa shape index (κ2) is 4.85. The first-order valence-corrected chi connectivity index (χ1v) is 5.72. The predicted molar refractivity (Wildman–Crippen MR) is 62.9 cm³/mol. The number of hydrogen-bond donors (Lipinski definition) is 1. The molecule has 2 rings (SSSR count). The average Bonchev–Trinajstić information content (AvgIpc) is 2.22. The van der Waals surface area contributed by atoms with Crippen LogP contribution in [0.2, 0.25) is 0 Å². The maximum Gasteiger partial charge on any atom is 0.266 e. The molecule has 1 aromatic rings. The van der Waals surface area contributed by atoms with Gasteiger partial charge in [-0.2, -0.15) is 0 Å². The van der Waals surface area contributed by atoms with E-state index in [0.717, 1.165) is 13.1 Å². The fourth-order valence-corrected chi connectivity index (χ4v) is 2.17. The molecule has 1 fully saturated rings. The van der Waals surface area contributed by atoms with Gasteiger partial charge in [0.15, 0.2) is 0 Å². The molecule has 6 nitrogen and oxygen atoms in total. The van der Waals surface area contributed by atoms with Gasteiger partial charge in [-0.1, -0.05) is 0 Å². The zero-order valence-corrected chi connectivity index (χ0v) is 10.0. The Morgan fingerprint density at radius 3 is 2.59 bits per heavy atom. The second-order valence-electron chi connectivity index (χ2n) is 4.51. The third kappa shape index (κ3) is 3.04. The lowest BCUT2D eigenvalue weighted by Gasteiger charge is -2.35. The summed E-state index contributed by atoms with van der Waals surface area (Å²) in [6.07, 6.45) is 0.287. The molecule has 2 unspecified atom stereocenters. The Balaban J connectivity index is 2.12. The average molecular weight is 239 g/mol. The lowest BCUT2D eigenvalue weighted by atomic mass is 10.2. The summed E-state index contributed by atoms with van der Waals surface area (Å²) in [5.74, 6) is 0. The molecule has 0 saturated carbocycles. The second-order valence-corrected chi connectivity index (χ2v) is 4.51. The van der Waals surface area contributed by atoms with Gasteiger partial charge in [-0.15, -0.1) is 0 Å². The molecule has 1 aliphatic heterocycles. The normalized spacial score (nSPS) is 26.0. The van der Waals surface area contributed by atoms with Gasteiger partial charge in [-0.3, -0.25) is 19.6 Å². The van der Waals surface area contributed by atoms with E-state index in [4.69, 9.17) is 4.74 Å². The van der Waals surface area contributed by atoms with Crippen molar-refractivity contribution in [2.75, 3.05) is 13.1 Å². The summed E-state index contributed by atoms with van der Waals surface area (Å²) in [5, 5.41) is 2.52. The first-order chi connectivity index (χ1) is 8.04. The third-order valence-corrected chi connectivity index (χ3v) is 2.73. The van der Waals surface area contributed by atoms with Crippen molar-refractivity contribution in [1.82, 2.24) is 14.7 Å². The quantitative estimate of drug-likeness (QED) is 0.763. The zero-order chi connectivity index (χ0) is 12.4. The monoisotopic (exact) mass is 239 g/mol. The van der Waals surface area contributed by atoms with Gasteiger partial charge in [0.05, 0.1) is 18.9 Å². The minimum atomic E-state index is -0.265. The van der Waals surface area contributed by atoms with E-state index in [-0.39, 0.29) is 23.3 Å². The van der Waals surface area contributed by atoms with Crippen molar-refractivity contribution in [1.29, 1.82) is 0 Å². The van der Waals surface area contributed by atoms with Gasteiger partial charge in [-0.25, -0.2) is 4.68 Å². The topological polar surface area (TPSA) is 67.3 Å². The van der Waals surface area contributed by atoms with Gasteiger partial charge in [0.1, 0.15) is 0 Å². The van der Waals surface area contributed by atoms with Crippen molar-refractivity contribution in [3.63, 3.8) is 0 Å². The van der Waals surface area contributed by atoms with Crippen molar-refractivity contribution in [2.24, 2.45) is 0 Å². The molecule has 0 aromatic carbocycles. The van der Waals surface area contributed by atoms with Crippen molar-refractivity contribution >= 4 is 0 Å². The molecule has 0 amide bonds. The minimum absolute atomic E-state index is 0.143. The highest BCUT2D eigenvalue weighted by Gasteiger charge is 2.22. The number of nitrogens with zero attached hydrogens (tertiary/aromatic N) is 2. The fraction of sp³-hybridized carbons (Fsp3) is 0.636. The first kappa shape index (κ1) is 12.1. The number of nitrogens with one attached hydrogen (secondary N) is 1. The van der Waals surface area contributed by atoms with Crippen molar-refractivity contribution in [3.8, 4) is 0 Å². The summed E-state index contributed by atoms with van der Waals surface area (Å²) in [7, 11) is 0. The molecule has 2 heterocycles. The van der Waals surface area contributed by atoms with E-state index in [1.165, 1.54) is 16.8 Å². The first-order valence-electron chi connectivity index (χ1n) is 5.72. The maximum absolute atomic E-state index is 11.5. The maximum atomic E-state index is 11.5. The molecular formula is C11H17N3O3. The molecule has 0 aliphatic carbocycles. The van der Waals surface area contributed by atoms with E-state index in [2.05, 4.69) is 10.00 Å². The largest absolute Gasteiger partial charge is 0.373 e. The van der Waals surface area contributed by atoms with Gasteiger partial charge < -0.3 is 4.74 Å². The summed E-state index contributed by atoms with van der Waals surface area (Å²) in [6.45, 7) is 5.91. The van der Waals surface area contributed by atoms with Crippen molar-refractivity contribution in [2.45, 2.75) is 32.7 Å². The van der Waals surface area contributed by atoms with Crippen LogP contribution in [0.25, 0.3) is 0 Å². The molecule has 6 heteroatoms. The van der Waals surface area contributed by atoms with Crippen molar-refractivity contribution < 1.29 is 4.74 Å². The van der Waals surface area contributed by atoms with Crippen LogP contribution in [0.4, 0.5) is 0 Å². The Bertz CT molecular complexity index is 483. The highest BCUT2D eigenvalue weighted by Crippen LogP contribution is 2.10. The minimum Gasteiger partial charge on any atom is -0.373 e. The number of hydrogen-bond acceptors (Lipinski definition) is 4. The number of rotatable bonds is 2. The molecule has 1 aromatic heterocycles. The molecule has 0 spiro atoms. The smallest absolute Gasteiger partial charge is 0.266 e. The lowest BCUT2D eigenvalue weighted by molar-refractivity contribution is -0.0780. The number of aromatic nitrogens is 2. The predicted octanol–water partition coefficient (Wildman–Crippen LogP) is -0.397. The molecule has 2 atom stereocenters. The lowest BCUT2D eigenvalue weighted by Crippen LogP contribution is -2.47. The molecule has 17 heavy (non-hydrogen) atoms. The van der Waals surface area contributed by atoms with Crippen LogP contribution < -0.4 is 11.1 Å². The molecular weight excluding hydrogens is 222 g/mol.